The van der Waals surface area contributed by atoms with E-state index in [9.17, 15) is 14.7 Å². The lowest BCUT2D eigenvalue weighted by atomic mass is 10.2. The highest BCUT2D eigenvalue weighted by molar-refractivity contribution is 6.35. The van der Waals surface area contributed by atoms with Crippen LogP contribution in [0.3, 0.4) is 0 Å². The molecule has 1 aliphatic heterocycles. The molecule has 1 aromatic carbocycles. The van der Waals surface area contributed by atoms with Crippen molar-refractivity contribution in [1.82, 2.24) is 10.7 Å². The summed E-state index contributed by atoms with van der Waals surface area (Å²) in [5.74, 6) is -1.69. The molecule has 0 aliphatic carbocycles. The minimum absolute atomic E-state index is 0.0446. The fourth-order valence-corrected chi connectivity index (χ4v) is 2.35. The normalized spacial score (nSPS) is 17.0. The van der Waals surface area contributed by atoms with Crippen molar-refractivity contribution in [2.24, 2.45) is 5.10 Å². The van der Waals surface area contributed by atoms with Gasteiger partial charge in [0.2, 0.25) is 0 Å². The molecule has 1 heterocycles. The van der Waals surface area contributed by atoms with Gasteiger partial charge in [0.1, 0.15) is 0 Å². The first-order valence-corrected chi connectivity index (χ1v) is 7.68. The number of carbonyl (C=O) groups excluding carboxylic acids is 2. The Bertz CT molecular complexity index is 644. The molecule has 0 unspecified atom stereocenters. The predicted molar refractivity (Wildman–Crippen MR) is 87.4 cm³/mol. The Morgan fingerprint density at radius 2 is 2.29 bits per heavy atom. The number of aromatic hydroxyl groups is 1. The zero-order valence-electron chi connectivity index (χ0n) is 13.0. The van der Waals surface area contributed by atoms with Gasteiger partial charge < -0.3 is 19.9 Å². The predicted octanol–water partition coefficient (Wildman–Crippen LogP) is 0.800. The third-order valence-corrected chi connectivity index (χ3v) is 3.66. The average Bonchev–Trinajstić information content (AvgIpc) is 3.09. The van der Waals surface area contributed by atoms with Crippen LogP contribution in [0.15, 0.2) is 17.2 Å². The molecule has 8 nitrogen and oxygen atoms in total. The van der Waals surface area contributed by atoms with Crippen molar-refractivity contribution < 1.29 is 24.2 Å². The summed E-state index contributed by atoms with van der Waals surface area (Å²) in [5, 5.41) is 15.9. The van der Waals surface area contributed by atoms with Gasteiger partial charge in [0.05, 0.1) is 24.5 Å². The number of nitrogens with one attached hydrogen (secondary N) is 2. The van der Waals surface area contributed by atoms with E-state index in [1.54, 1.807) is 0 Å². The van der Waals surface area contributed by atoms with E-state index in [4.69, 9.17) is 21.1 Å². The van der Waals surface area contributed by atoms with Crippen LogP contribution >= 0.6 is 11.6 Å². The lowest BCUT2D eigenvalue weighted by molar-refractivity contribution is -0.139. The minimum atomic E-state index is -0.888. The van der Waals surface area contributed by atoms with Gasteiger partial charge in [-0.2, -0.15) is 5.10 Å². The number of benzene rings is 1. The number of rotatable bonds is 5. The number of amides is 2. The molecule has 1 aromatic rings. The Labute approximate surface area is 143 Å². The third-order valence-electron chi connectivity index (χ3n) is 3.37. The number of halogens is 1. The molecule has 0 saturated carbocycles. The number of hydrazone groups is 1. The molecule has 0 aromatic heterocycles. The van der Waals surface area contributed by atoms with Crippen LogP contribution in [0.25, 0.3) is 0 Å². The molecule has 9 heteroatoms. The van der Waals surface area contributed by atoms with Gasteiger partial charge in [0, 0.05) is 13.2 Å². The molecule has 0 bridgehead atoms. The van der Waals surface area contributed by atoms with Crippen molar-refractivity contribution in [2.75, 3.05) is 20.3 Å². The van der Waals surface area contributed by atoms with E-state index >= 15 is 0 Å². The lowest BCUT2D eigenvalue weighted by Gasteiger charge is -2.09. The third kappa shape index (κ3) is 4.84. The van der Waals surface area contributed by atoms with Crippen molar-refractivity contribution in [3.63, 3.8) is 0 Å². The average molecular weight is 356 g/mol. The number of hydrogen-bond acceptors (Lipinski definition) is 6. The highest BCUT2D eigenvalue weighted by Gasteiger charge is 2.19. The van der Waals surface area contributed by atoms with E-state index in [1.807, 2.05) is 0 Å². The Morgan fingerprint density at radius 3 is 2.96 bits per heavy atom. The Hall–Kier alpha value is -2.32. The van der Waals surface area contributed by atoms with Crippen LogP contribution in [0.5, 0.6) is 11.5 Å². The number of phenolic OH excluding ortho intramolecular Hbond substituents is 1. The molecule has 1 aliphatic rings. The molecule has 2 rings (SSSR count). The molecule has 1 saturated heterocycles. The zero-order valence-corrected chi connectivity index (χ0v) is 13.8. The van der Waals surface area contributed by atoms with Crippen LogP contribution < -0.4 is 15.5 Å². The molecule has 0 radical (unpaired) electrons. The van der Waals surface area contributed by atoms with Crippen molar-refractivity contribution in [2.45, 2.75) is 18.9 Å². The maximum absolute atomic E-state index is 11.6. The number of carbonyl (C=O) groups is 2. The summed E-state index contributed by atoms with van der Waals surface area (Å²) in [7, 11) is 1.38. The highest BCUT2D eigenvalue weighted by Crippen LogP contribution is 2.34. The SMILES string of the molecule is COc1cc(/C=N\NC(=O)C(=O)NC[C@@H]2CCCO2)cc(Cl)c1O. The topological polar surface area (TPSA) is 109 Å². The molecule has 3 N–H and O–H groups in total. The van der Waals surface area contributed by atoms with Gasteiger partial charge in [-0.1, -0.05) is 11.6 Å². The summed E-state index contributed by atoms with van der Waals surface area (Å²) < 4.78 is 10.3. The number of nitrogens with zero attached hydrogens (tertiary/aromatic N) is 1. The number of hydrogen-bond donors (Lipinski definition) is 3. The maximum Gasteiger partial charge on any atom is 0.329 e. The van der Waals surface area contributed by atoms with Gasteiger partial charge in [0.25, 0.3) is 0 Å². The van der Waals surface area contributed by atoms with Gasteiger partial charge >= 0.3 is 11.8 Å². The lowest BCUT2D eigenvalue weighted by Crippen LogP contribution is -2.41. The van der Waals surface area contributed by atoms with Crippen LogP contribution in [0.4, 0.5) is 0 Å². The molecule has 2 amide bonds. The van der Waals surface area contributed by atoms with E-state index < -0.39 is 11.8 Å². The number of methoxy groups -OCH3 is 1. The van der Waals surface area contributed by atoms with E-state index in [2.05, 4.69) is 15.8 Å². The Kier molecular flexibility index (Phi) is 6.39. The quantitative estimate of drug-likeness (QED) is 0.411. The summed E-state index contributed by atoms with van der Waals surface area (Å²) in [4.78, 5) is 23.2. The number of phenols is 1. The fraction of sp³-hybridized carbons (Fsp3) is 0.400. The minimum Gasteiger partial charge on any atom is -0.503 e. The van der Waals surface area contributed by atoms with Crippen LogP contribution in [0, 0.1) is 0 Å². The smallest absolute Gasteiger partial charge is 0.329 e. The molecular weight excluding hydrogens is 338 g/mol. The summed E-state index contributed by atoms with van der Waals surface area (Å²) in [6, 6.07) is 2.92. The zero-order chi connectivity index (χ0) is 17.5. The summed E-state index contributed by atoms with van der Waals surface area (Å²) in [6.45, 7) is 0.969. The monoisotopic (exact) mass is 355 g/mol. The van der Waals surface area contributed by atoms with E-state index in [0.717, 1.165) is 12.8 Å². The van der Waals surface area contributed by atoms with Gasteiger partial charge in [-0.05, 0) is 30.5 Å². The first kappa shape index (κ1) is 18.0. The first-order valence-electron chi connectivity index (χ1n) is 7.30. The molecule has 24 heavy (non-hydrogen) atoms. The van der Waals surface area contributed by atoms with Gasteiger partial charge in [-0.3, -0.25) is 9.59 Å². The van der Waals surface area contributed by atoms with E-state index in [1.165, 1.54) is 25.5 Å². The van der Waals surface area contributed by atoms with E-state index in [0.29, 0.717) is 18.7 Å². The fourth-order valence-electron chi connectivity index (χ4n) is 2.13. The van der Waals surface area contributed by atoms with Crippen LogP contribution in [-0.4, -0.2) is 49.5 Å². The summed E-state index contributed by atoms with van der Waals surface area (Å²) in [5.41, 5.74) is 2.59. The largest absolute Gasteiger partial charge is 0.503 e. The molecule has 130 valence electrons. The van der Waals surface area contributed by atoms with Crippen molar-refractivity contribution in [1.29, 1.82) is 0 Å². The molecule has 0 spiro atoms. The molecule has 1 fully saturated rings. The standard InChI is InChI=1S/C15H18ClN3O5/c1-23-12-6-9(5-11(16)13(12)20)7-18-19-15(22)14(21)17-8-10-3-2-4-24-10/h5-7,10,20H,2-4,8H2,1H3,(H,17,21)(H,19,22)/b18-7-/t10-/m0/s1. The van der Waals surface area contributed by atoms with Gasteiger partial charge in [-0.25, -0.2) is 5.43 Å². The van der Waals surface area contributed by atoms with Crippen LogP contribution in [0.2, 0.25) is 5.02 Å². The van der Waals surface area contributed by atoms with Gasteiger partial charge in [0.15, 0.2) is 11.5 Å². The molecular formula is C15H18ClN3O5. The van der Waals surface area contributed by atoms with E-state index in [-0.39, 0.29) is 22.6 Å². The van der Waals surface area contributed by atoms with Crippen molar-refractivity contribution in [3.8, 4) is 11.5 Å². The molecule has 1 atom stereocenters. The summed E-state index contributed by atoms with van der Waals surface area (Å²) >= 11 is 5.84. The maximum atomic E-state index is 11.6. The summed E-state index contributed by atoms with van der Waals surface area (Å²) in [6.07, 6.45) is 3.05. The Morgan fingerprint density at radius 1 is 1.50 bits per heavy atom. The second-order valence-electron chi connectivity index (χ2n) is 5.10. The highest BCUT2D eigenvalue weighted by atomic mass is 35.5. The second kappa shape index (κ2) is 8.51. The Balaban J connectivity index is 1.85. The van der Waals surface area contributed by atoms with Crippen LogP contribution in [-0.2, 0) is 14.3 Å². The first-order chi connectivity index (χ1) is 11.5. The second-order valence-corrected chi connectivity index (χ2v) is 5.50. The van der Waals surface area contributed by atoms with Gasteiger partial charge in [-0.15, -0.1) is 0 Å². The van der Waals surface area contributed by atoms with Crippen molar-refractivity contribution >= 4 is 29.6 Å². The number of ether oxygens (including phenoxy) is 2. The van der Waals surface area contributed by atoms with Crippen molar-refractivity contribution in [3.05, 3.63) is 22.7 Å². The van der Waals surface area contributed by atoms with Crippen LogP contribution in [0.1, 0.15) is 18.4 Å².